The molecule has 0 saturated heterocycles. The van der Waals surface area contributed by atoms with Gasteiger partial charge in [-0.2, -0.15) is 0 Å². The van der Waals surface area contributed by atoms with E-state index in [0.29, 0.717) is 5.56 Å². The van der Waals surface area contributed by atoms with Gasteiger partial charge in [-0.3, -0.25) is 0 Å². The van der Waals surface area contributed by atoms with Gasteiger partial charge in [-0.05, 0) is 38.5 Å². The van der Waals surface area contributed by atoms with Crippen molar-refractivity contribution in [1.29, 1.82) is 0 Å². The maximum absolute atomic E-state index is 11.7. The number of aliphatic hydroxyl groups excluding tert-OH is 1. The summed E-state index contributed by atoms with van der Waals surface area (Å²) < 4.78 is 5.23. The number of nitrogens with two attached hydrogens (primary N) is 1. The van der Waals surface area contributed by atoms with Gasteiger partial charge in [0.2, 0.25) is 0 Å². The molecule has 0 aliphatic carbocycles. The molecule has 0 heterocycles. The van der Waals surface area contributed by atoms with Gasteiger partial charge >= 0.3 is 5.97 Å². The second-order valence-corrected chi connectivity index (χ2v) is 4.91. The van der Waals surface area contributed by atoms with Gasteiger partial charge in [-0.15, -0.1) is 0 Å². The molecule has 0 aliphatic heterocycles. The third-order valence-corrected chi connectivity index (χ3v) is 2.17. The number of carbonyl (C=O) groups excluding carboxylic acids is 1. The highest BCUT2D eigenvalue weighted by Gasteiger charge is 2.17. The van der Waals surface area contributed by atoms with Crippen molar-refractivity contribution in [2.24, 2.45) is 5.73 Å². The Hall–Kier alpha value is -1.39. The normalized spacial score (nSPS) is 13.2. The maximum Gasteiger partial charge on any atom is 0.338 e. The molecule has 3 N–H and O–H groups in total. The molecule has 0 aliphatic rings. The number of hydrogen-bond donors (Lipinski definition) is 2. The average molecular weight is 237 g/mol. The van der Waals surface area contributed by atoms with E-state index in [9.17, 15) is 4.79 Å². The standard InChI is InChI=1S/C13H19NO3/c1-13(2,3)17-12(16)10-6-4-9(5-7-10)11(14)8-15/h4-7,11,15H,8,14H2,1-3H3. The van der Waals surface area contributed by atoms with E-state index < -0.39 is 11.6 Å². The molecule has 0 radical (unpaired) electrons. The average Bonchev–Trinajstić information content (AvgIpc) is 2.26. The summed E-state index contributed by atoms with van der Waals surface area (Å²) in [4.78, 5) is 11.7. The second kappa shape index (κ2) is 5.29. The Morgan fingerprint density at radius 2 is 1.88 bits per heavy atom. The Bertz CT molecular complexity index is 379. The van der Waals surface area contributed by atoms with Gasteiger partial charge in [0.05, 0.1) is 18.2 Å². The largest absolute Gasteiger partial charge is 0.456 e. The van der Waals surface area contributed by atoms with Crippen LogP contribution >= 0.6 is 0 Å². The Labute approximate surface area is 101 Å². The van der Waals surface area contributed by atoms with Gasteiger partial charge in [0.1, 0.15) is 5.60 Å². The van der Waals surface area contributed by atoms with Crippen LogP contribution in [0.25, 0.3) is 0 Å². The zero-order valence-corrected chi connectivity index (χ0v) is 10.4. The van der Waals surface area contributed by atoms with Crippen LogP contribution < -0.4 is 5.73 Å². The van der Waals surface area contributed by atoms with Crippen LogP contribution in [0.2, 0.25) is 0 Å². The van der Waals surface area contributed by atoms with Crippen LogP contribution in [0.1, 0.15) is 42.7 Å². The number of hydrogen-bond acceptors (Lipinski definition) is 4. The van der Waals surface area contributed by atoms with Crippen molar-refractivity contribution in [1.82, 2.24) is 0 Å². The highest BCUT2D eigenvalue weighted by Crippen LogP contribution is 2.15. The minimum absolute atomic E-state index is 0.119. The molecule has 4 heteroatoms. The van der Waals surface area contributed by atoms with Crippen molar-refractivity contribution in [3.8, 4) is 0 Å². The molecule has 94 valence electrons. The minimum atomic E-state index is -0.503. The molecule has 17 heavy (non-hydrogen) atoms. The van der Waals surface area contributed by atoms with Crippen LogP contribution in [-0.2, 0) is 4.74 Å². The maximum atomic E-state index is 11.7. The molecule has 1 aromatic carbocycles. The number of rotatable bonds is 3. The smallest absolute Gasteiger partial charge is 0.338 e. The van der Waals surface area contributed by atoms with Gasteiger partial charge in [0, 0.05) is 0 Å². The zero-order valence-electron chi connectivity index (χ0n) is 10.4. The Morgan fingerprint density at radius 1 is 1.35 bits per heavy atom. The zero-order chi connectivity index (χ0) is 13.1. The number of carbonyl (C=O) groups is 1. The molecule has 0 saturated carbocycles. The van der Waals surface area contributed by atoms with E-state index >= 15 is 0 Å². The molecule has 0 amide bonds. The molecule has 1 rings (SSSR count). The molecule has 4 nitrogen and oxygen atoms in total. The first-order valence-electron chi connectivity index (χ1n) is 5.53. The van der Waals surface area contributed by atoms with E-state index in [0.717, 1.165) is 5.56 Å². The summed E-state index contributed by atoms with van der Waals surface area (Å²) in [5.74, 6) is -0.360. The summed E-state index contributed by atoms with van der Waals surface area (Å²) in [6, 6.07) is 6.33. The summed E-state index contributed by atoms with van der Waals surface area (Å²) >= 11 is 0. The monoisotopic (exact) mass is 237 g/mol. The van der Waals surface area contributed by atoms with Crippen LogP contribution in [0.3, 0.4) is 0 Å². The second-order valence-electron chi connectivity index (χ2n) is 4.91. The Kier molecular flexibility index (Phi) is 4.26. The summed E-state index contributed by atoms with van der Waals surface area (Å²) in [7, 11) is 0. The third-order valence-electron chi connectivity index (χ3n) is 2.17. The lowest BCUT2D eigenvalue weighted by Gasteiger charge is -2.19. The first-order valence-corrected chi connectivity index (χ1v) is 5.53. The van der Waals surface area contributed by atoms with E-state index in [1.54, 1.807) is 24.3 Å². The lowest BCUT2D eigenvalue weighted by molar-refractivity contribution is 0.00695. The molecule has 1 aromatic rings. The van der Waals surface area contributed by atoms with E-state index in [1.165, 1.54) is 0 Å². The summed E-state index contributed by atoms with van der Waals surface area (Å²) in [6.45, 7) is 5.34. The highest BCUT2D eigenvalue weighted by atomic mass is 16.6. The fourth-order valence-corrected chi connectivity index (χ4v) is 1.31. The predicted molar refractivity (Wildman–Crippen MR) is 65.6 cm³/mol. The van der Waals surface area contributed by atoms with Gasteiger partial charge in [0.25, 0.3) is 0 Å². The van der Waals surface area contributed by atoms with E-state index in [1.807, 2.05) is 20.8 Å². The summed E-state index contributed by atoms with van der Waals surface area (Å²) in [6.07, 6.45) is 0. The first kappa shape index (κ1) is 13.7. The fraction of sp³-hybridized carbons (Fsp3) is 0.462. The molecular formula is C13H19NO3. The topological polar surface area (TPSA) is 72.5 Å². The lowest BCUT2D eigenvalue weighted by Crippen LogP contribution is -2.24. The van der Waals surface area contributed by atoms with Crippen LogP contribution in [0.5, 0.6) is 0 Å². The Morgan fingerprint density at radius 3 is 2.29 bits per heavy atom. The SMILES string of the molecule is CC(C)(C)OC(=O)c1ccc(C(N)CO)cc1. The molecular weight excluding hydrogens is 218 g/mol. The highest BCUT2D eigenvalue weighted by molar-refractivity contribution is 5.89. The number of esters is 1. The molecule has 1 unspecified atom stereocenters. The van der Waals surface area contributed by atoms with Crippen molar-refractivity contribution in [3.05, 3.63) is 35.4 Å². The van der Waals surface area contributed by atoms with Crippen LogP contribution in [0.15, 0.2) is 24.3 Å². The number of ether oxygens (including phenoxy) is 1. The van der Waals surface area contributed by atoms with E-state index in [2.05, 4.69) is 0 Å². The van der Waals surface area contributed by atoms with Crippen molar-refractivity contribution >= 4 is 5.97 Å². The van der Waals surface area contributed by atoms with E-state index in [4.69, 9.17) is 15.6 Å². The predicted octanol–water partition coefficient (Wildman–Crippen LogP) is 1.63. The molecule has 0 spiro atoms. The first-order chi connectivity index (χ1) is 7.83. The number of aliphatic hydroxyl groups is 1. The summed E-state index contributed by atoms with van der Waals surface area (Å²) in [5.41, 5.74) is 6.43. The van der Waals surface area contributed by atoms with E-state index in [-0.39, 0.29) is 12.6 Å². The van der Waals surface area contributed by atoms with Gasteiger partial charge < -0.3 is 15.6 Å². The van der Waals surface area contributed by atoms with Gasteiger partial charge in [-0.1, -0.05) is 12.1 Å². The fourth-order valence-electron chi connectivity index (χ4n) is 1.31. The van der Waals surface area contributed by atoms with Crippen LogP contribution in [-0.4, -0.2) is 23.3 Å². The molecule has 0 fully saturated rings. The lowest BCUT2D eigenvalue weighted by atomic mass is 10.1. The van der Waals surface area contributed by atoms with Crippen molar-refractivity contribution < 1.29 is 14.6 Å². The van der Waals surface area contributed by atoms with Gasteiger partial charge in [0.15, 0.2) is 0 Å². The summed E-state index contributed by atoms with van der Waals surface area (Å²) in [5, 5.41) is 8.90. The van der Waals surface area contributed by atoms with Gasteiger partial charge in [-0.25, -0.2) is 4.79 Å². The molecule has 0 bridgehead atoms. The van der Waals surface area contributed by atoms with Crippen molar-refractivity contribution in [2.75, 3.05) is 6.61 Å². The molecule has 0 aromatic heterocycles. The quantitative estimate of drug-likeness (QED) is 0.784. The third kappa shape index (κ3) is 4.17. The van der Waals surface area contributed by atoms with Crippen molar-refractivity contribution in [2.45, 2.75) is 32.4 Å². The van der Waals surface area contributed by atoms with Crippen molar-refractivity contribution in [3.63, 3.8) is 0 Å². The molecule has 1 atom stereocenters. The number of benzene rings is 1. The van der Waals surface area contributed by atoms with Crippen LogP contribution in [0.4, 0.5) is 0 Å². The Balaban J connectivity index is 2.77. The minimum Gasteiger partial charge on any atom is -0.456 e. The van der Waals surface area contributed by atoms with Crippen LogP contribution in [0, 0.1) is 0 Å².